The molecule has 3 heteroatoms. The zero-order chi connectivity index (χ0) is 13.0. The number of carbonyl (C=O) groups is 1. The van der Waals surface area contributed by atoms with E-state index in [9.17, 15) is 4.79 Å². The van der Waals surface area contributed by atoms with Crippen molar-refractivity contribution in [3.63, 3.8) is 0 Å². The molecule has 0 radical (unpaired) electrons. The molecule has 0 aliphatic carbocycles. The molecule has 2 N–H and O–H groups in total. The Morgan fingerprint density at radius 2 is 2.06 bits per heavy atom. The lowest BCUT2D eigenvalue weighted by Gasteiger charge is -2.07. The van der Waals surface area contributed by atoms with Crippen molar-refractivity contribution in [1.29, 1.82) is 0 Å². The summed E-state index contributed by atoms with van der Waals surface area (Å²) in [5.41, 5.74) is 8.89. The predicted octanol–water partition coefficient (Wildman–Crippen LogP) is 2.12. The van der Waals surface area contributed by atoms with E-state index >= 15 is 0 Å². The molecule has 0 saturated carbocycles. The molecule has 0 aliphatic heterocycles. The van der Waals surface area contributed by atoms with Crippen molar-refractivity contribution in [3.05, 3.63) is 65.0 Å². The summed E-state index contributed by atoms with van der Waals surface area (Å²) in [6.07, 6.45) is 4.05. The summed E-state index contributed by atoms with van der Waals surface area (Å²) in [7, 11) is 0. The highest BCUT2D eigenvalue weighted by Crippen LogP contribution is 2.15. The average Bonchev–Trinajstić information content (AvgIpc) is 2.39. The highest BCUT2D eigenvalue weighted by molar-refractivity contribution is 6.09. The summed E-state index contributed by atoms with van der Waals surface area (Å²) >= 11 is 0. The van der Waals surface area contributed by atoms with Crippen LogP contribution >= 0.6 is 0 Å². The summed E-state index contributed by atoms with van der Waals surface area (Å²) in [5, 5.41) is 0. The van der Waals surface area contributed by atoms with Crippen LogP contribution in [0.25, 0.3) is 0 Å². The molecule has 1 aromatic heterocycles. The molecule has 0 unspecified atom stereocenters. The number of nitrogens with zero attached hydrogens (tertiary/aromatic N) is 1. The molecule has 0 amide bonds. The Morgan fingerprint density at radius 1 is 1.28 bits per heavy atom. The molecule has 0 atom stereocenters. The number of nitrogens with two attached hydrogens (primary N) is 1. The maximum absolute atomic E-state index is 12.4. The normalized spacial score (nSPS) is 10.3. The number of aryl methyl sites for hydroxylation is 1. The van der Waals surface area contributed by atoms with Crippen molar-refractivity contribution in [2.75, 3.05) is 6.54 Å². The van der Waals surface area contributed by atoms with E-state index < -0.39 is 0 Å². The van der Waals surface area contributed by atoms with E-state index in [0.717, 1.165) is 16.7 Å². The van der Waals surface area contributed by atoms with Gasteiger partial charge in [-0.25, -0.2) is 0 Å². The Hall–Kier alpha value is -2.00. The highest BCUT2D eigenvalue weighted by Gasteiger charge is 2.13. The number of rotatable bonds is 4. The van der Waals surface area contributed by atoms with Crippen LogP contribution in [-0.2, 0) is 6.42 Å². The fraction of sp³-hybridized carbons (Fsp3) is 0.200. The van der Waals surface area contributed by atoms with Crippen molar-refractivity contribution in [2.45, 2.75) is 13.3 Å². The van der Waals surface area contributed by atoms with Gasteiger partial charge >= 0.3 is 0 Å². The molecule has 0 aliphatic rings. The Bertz CT molecular complexity index is 564. The smallest absolute Gasteiger partial charge is 0.194 e. The lowest BCUT2D eigenvalue weighted by molar-refractivity contribution is 0.103. The second-order valence-corrected chi connectivity index (χ2v) is 4.28. The van der Waals surface area contributed by atoms with E-state index in [4.69, 9.17) is 5.73 Å². The fourth-order valence-electron chi connectivity index (χ4n) is 1.95. The molecule has 0 bridgehead atoms. The number of hydrogen-bond acceptors (Lipinski definition) is 3. The molecule has 2 rings (SSSR count). The first-order valence-corrected chi connectivity index (χ1v) is 5.96. The Labute approximate surface area is 107 Å². The first-order valence-electron chi connectivity index (χ1n) is 5.96. The summed E-state index contributed by atoms with van der Waals surface area (Å²) in [5.74, 6) is 0.00949. The number of pyridine rings is 1. The van der Waals surface area contributed by atoms with Crippen LogP contribution in [-0.4, -0.2) is 17.3 Å². The van der Waals surface area contributed by atoms with E-state index in [1.54, 1.807) is 12.4 Å². The molecule has 2 aromatic rings. The quantitative estimate of drug-likeness (QED) is 0.833. The summed E-state index contributed by atoms with van der Waals surface area (Å²) in [4.78, 5) is 16.5. The first kappa shape index (κ1) is 12.5. The van der Waals surface area contributed by atoms with Crippen LogP contribution in [0.1, 0.15) is 27.0 Å². The highest BCUT2D eigenvalue weighted by atomic mass is 16.1. The maximum Gasteiger partial charge on any atom is 0.194 e. The summed E-state index contributed by atoms with van der Waals surface area (Å²) in [6, 6.07) is 9.44. The van der Waals surface area contributed by atoms with Crippen LogP contribution < -0.4 is 5.73 Å². The third-order valence-electron chi connectivity index (χ3n) is 2.81. The Kier molecular flexibility index (Phi) is 3.85. The zero-order valence-electron chi connectivity index (χ0n) is 10.4. The number of hydrogen-bond donors (Lipinski definition) is 1. The minimum atomic E-state index is 0.00949. The first-order chi connectivity index (χ1) is 8.72. The van der Waals surface area contributed by atoms with E-state index in [1.807, 2.05) is 37.3 Å². The van der Waals surface area contributed by atoms with Crippen LogP contribution in [0.2, 0.25) is 0 Å². The lowest BCUT2D eigenvalue weighted by Crippen LogP contribution is -2.10. The van der Waals surface area contributed by atoms with Gasteiger partial charge in [-0.1, -0.05) is 24.3 Å². The third-order valence-corrected chi connectivity index (χ3v) is 2.81. The predicted molar refractivity (Wildman–Crippen MR) is 71.6 cm³/mol. The summed E-state index contributed by atoms with van der Waals surface area (Å²) in [6.45, 7) is 2.46. The largest absolute Gasteiger partial charge is 0.330 e. The van der Waals surface area contributed by atoms with Gasteiger partial charge in [-0.15, -0.1) is 0 Å². The lowest BCUT2D eigenvalue weighted by atomic mass is 9.97. The third kappa shape index (κ3) is 2.63. The molecular weight excluding hydrogens is 224 g/mol. The second-order valence-electron chi connectivity index (χ2n) is 4.28. The van der Waals surface area contributed by atoms with Crippen molar-refractivity contribution in [3.8, 4) is 0 Å². The van der Waals surface area contributed by atoms with Gasteiger partial charge in [-0.2, -0.15) is 0 Å². The van der Waals surface area contributed by atoms with E-state index in [2.05, 4.69) is 4.98 Å². The van der Waals surface area contributed by atoms with Gasteiger partial charge in [-0.05, 0) is 37.1 Å². The van der Waals surface area contributed by atoms with Crippen LogP contribution in [0.4, 0.5) is 0 Å². The van der Waals surface area contributed by atoms with Gasteiger partial charge < -0.3 is 5.73 Å². The standard InChI is InChI=1S/C15H16N2O/c1-11-8-13(10-17-9-11)15(18)14-5-3-2-4-12(14)6-7-16/h2-5,8-10H,6-7,16H2,1H3. The van der Waals surface area contributed by atoms with Crippen LogP contribution in [0.5, 0.6) is 0 Å². The SMILES string of the molecule is Cc1cncc(C(=O)c2ccccc2CCN)c1. The second kappa shape index (κ2) is 5.56. The van der Waals surface area contributed by atoms with Crippen LogP contribution in [0, 0.1) is 6.92 Å². The Morgan fingerprint density at radius 3 is 2.78 bits per heavy atom. The van der Waals surface area contributed by atoms with Crippen molar-refractivity contribution in [1.82, 2.24) is 4.98 Å². The number of carbonyl (C=O) groups excluding carboxylic acids is 1. The fourth-order valence-corrected chi connectivity index (χ4v) is 1.95. The van der Waals surface area contributed by atoms with E-state index in [-0.39, 0.29) is 5.78 Å². The van der Waals surface area contributed by atoms with Crippen molar-refractivity contribution < 1.29 is 4.79 Å². The van der Waals surface area contributed by atoms with E-state index in [0.29, 0.717) is 18.5 Å². The van der Waals surface area contributed by atoms with Crippen molar-refractivity contribution in [2.24, 2.45) is 5.73 Å². The monoisotopic (exact) mass is 240 g/mol. The molecule has 1 heterocycles. The van der Waals surface area contributed by atoms with Gasteiger partial charge in [0.25, 0.3) is 0 Å². The molecule has 92 valence electrons. The molecular formula is C15H16N2O. The van der Waals surface area contributed by atoms with Gasteiger partial charge in [0.15, 0.2) is 5.78 Å². The van der Waals surface area contributed by atoms with Gasteiger partial charge in [0.2, 0.25) is 0 Å². The van der Waals surface area contributed by atoms with Gasteiger partial charge in [0.05, 0.1) is 0 Å². The topological polar surface area (TPSA) is 56.0 Å². The van der Waals surface area contributed by atoms with Gasteiger partial charge in [0, 0.05) is 23.5 Å². The molecule has 1 aromatic carbocycles. The molecule has 3 nitrogen and oxygen atoms in total. The van der Waals surface area contributed by atoms with Crippen molar-refractivity contribution >= 4 is 5.78 Å². The van der Waals surface area contributed by atoms with Crippen LogP contribution in [0.3, 0.4) is 0 Å². The van der Waals surface area contributed by atoms with E-state index in [1.165, 1.54) is 0 Å². The number of benzene rings is 1. The van der Waals surface area contributed by atoms with Gasteiger partial charge in [0.1, 0.15) is 0 Å². The Balaban J connectivity index is 2.40. The zero-order valence-corrected chi connectivity index (χ0v) is 10.4. The molecule has 0 fully saturated rings. The summed E-state index contributed by atoms with van der Waals surface area (Å²) < 4.78 is 0. The molecule has 18 heavy (non-hydrogen) atoms. The minimum absolute atomic E-state index is 0.00949. The van der Waals surface area contributed by atoms with Gasteiger partial charge in [-0.3, -0.25) is 9.78 Å². The molecule has 0 saturated heterocycles. The number of ketones is 1. The number of aromatic nitrogens is 1. The maximum atomic E-state index is 12.4. The molecule has 0 spiro atoms. The van der Waals surface area contributed by atoms with Crippen LogP contribution in [0.15, 0.2) is 42.7 Å². The minimum Gasteiger partial charge on any atom is -0.330 e. The average molecular weight is 240 g/mol.